The van der Waals surface area contributed by atoms with Crippen molar-refractivity contribution in [2.24, 2.45) is 0 Å². The van der Waals surface area contributed by atoms with Crippen LogP contribution in [0.3, 0.4) is 0 Å². The van der Waals surface area contributed by atoms with Gasteiger partial charge in [-0.3, -0.25) is 0 Å². The molecule has 1 N–H and O–H groups in total. The van der Waals surface area contributed by atoms with Gasteiger partial charge >= 0.3 is 6.01 Å². The molecule has 1 heterocycles. The molecule has 7 heteroatoms. The van der Waals surface area contributed by atoms with E-state index in [4.69, 9.17) is 14.2 Å². The van der Waals surface area contributed by atoms with Gasteiger partial charge in [-0.1, -0.05) is 34.1 Å². The van der Waals surface area contributed by atoms with Crippen LogP contribution in [0, 0.1) is 0 Å². The molecule has 0 aliphatic heterocycles. The molecule has 0 unspecified atom stereocenters. The Hall–Kier alpha value is -2.80. The van der Waals surface area contributed by atoms with Crippen LogP contribution in [-0.4, -0.2) is 30.7 Å². The summed E-state index contributed by atoms with van der Waals surface area (Å²) in [6.07, 6.45) is 0.785. The molecule has 0 saturated carbocycles. The van der Waals surface area contributed by atoms with Gasteiger partial charge in [0.05, 0.1) is 20.3 Å². The SMILES string of the molecule is COc1cc(OC)nc(Oc2ccccc2CCNc2ccc(Br)cc2)n1. The molecule has 0 fully saturated rings. The molecule has 0 spiro atoms. The molecular formula is C20H20BrN3O3. The second-order valence-corrected chi connectivity index (χ2v) is 6.54. The number of nitrogens with one attached hydrogen (secondary N) is 1. The van der Waals surface area contributed by atoms with Crippen molar-refractivity contribution in [3.63, 3.8) is 0 Å². The predicted octanol–water partition coefficient (Wildman–Crippen LogP) is 4.70. The van der Waals surface area contributed by atoms with Crippen LogP contribution in [0.1, 0.15) is 5.56 Å². The number of para-hydroxylation sites is 1. The average Bonchev–Trinajstić information content (AvgIpc) is 2.70. The minimum atomic E-state index is 0.180. The van der Waals surface area contributed by atoms with E-state index in [9.17, 15) is 0 Å². The Bertz CT molecular complexity index is 866. The predicted molar refractivity (Wildman–Crippen MR) is 108 cm³/mol. The van der Waals surface area contributed by atoms with Crippen LogP contribution >= 0.6 is 15.9 Å². The van der Waals surface area contributed by atoms with Gasteiger partial charge in [-0.25, -0.2) is 0 Å². The molecule has 3 rings (SSSR count). The van der Waals surface area contributed by atoms with Crippen LogP contribution in [0.25, 0.3) is 0 Å². The first kappa shape index (κ1) is 19.0. The van der Waals surface area contributed by atoms with Gasteiger partial charge in [-0.05, 0) is 42.3 Å². The van der Waals surface area contributed by atoms with E-state index in [1.54, 1.807) is 6.07 Å². The molecule has 0 atom stereocenters. The number of halogens is 1. The van der Waals surface area contributed by atoms with Gasteiger partial charge in [-0.2, -0.15) is 9.97 Å². The summed E-state index contributed by atoms with van der Waals surface area (Å²) in [5, 5.41) is 3.40. The molecule has 0 aliphatic carbocycles. The van der Waals surface area contributed by atoms with Crippen molar-refractivity contribution >= 4 is 21.6 Å². The van der Waals surface area contributed by atoms with Crippen molar-refractivity contribution in [1.29, 1.82) is 0 Å². The van der Waals surface area contributed by atoms with Crippen molar-refractivity contribution in [2.75, 3.05) is 26.1 Å². The number of anilines is 1. The molecule has 1 aromatic heterocycles. The fourth-order valence-corrected chi connectivity index (χ4v) is 2.72. The smallest absolute Gasteiger partial charge is 0.328 e. The summed E-state index contributed by atoms with van der Waals surface area (Å²) in [5.74, 6) is 1.46. The number of rotatable bonds is 8. The van der Waals surface area contributed by atoms with E-state index in [2.05, 4.69) is 31.2 Å². The van der Waals surface area contributed by atoms with Gasteiger partial charge < -0.3 is 19.5 Å². The molecule has 6 nitrogen and oxygen atoms in total. The van der Waals surface area contributed by atoms with E-state index in [1.807, 2.05) is 48.5 Å². The van der Waals surface area contributed by atoms with Crippen molar-refractivity contribution in [1.82, 2.24) is 9.97 Å². The van der Waals surface area contributed by atoms with Gasteiger partial charge in [0, 0.05) is 16.7 Å². The maximum Gasteiger partial charge on any atom is 0.328 e. The minimum absolute atomic E-state index is 0.180. The third-order valence-electron chi connectivity index (χ3n) is 3.82. The topological polar surface area (TPSA) is 65.5 Å². The summed E-state index contributed by atoms with van der Waals surface area (Å²) in [6.45, 7) is 0.768. The van der Waals surface area contributed by atoms with Gasteiger partial charge in [0.25, 0.3) is 0 Å². The van der Waals surface area contributed by atoms with Gasteiger partial charge in [0.2, 0.25) is 11.8 Å². The minimum Gasteiger partial charge on any atom is -0.481 e. The van der Waals surface area contributed by atoms with E-state index in [0.717, 1.165) is 28.7 Å². The Kier molecular flexibility index (Phi) is 6.49. The van der Waals surface area contributed by atoms with Crippen molar-refractivity contribution in [3.05, 3.63) is 64.6 Å². The number of aromatic nitrogens is 2. The quantitative estimate of drug-likeness (QED) is 0.559. The molecule has 27 heavy (non-hydrogen) atoms. The maximum atomic E-state index is 5.90. The number of hydrogen-bond donors (Lipinski definition) is 1. The first-order valence-corrected chi connectivity index (χ1v) is 9.19. The Morgan fingerprint density at radius 1 is 0.926 bits per heavy atom. The fourth-order valence-electron chi connectivity index (χ4n) is 2.46. The Labute approximate surface area is 166 Å². The first-order valence-electron chi connectivity index (χ1n) is 8.40. The zero-order valence-electron chi connectivity index (χ0n) is 15.1. The lowest BCUT2D eigenvalue weighted by atomic mass is 10.1. The van der Waals surface area contributed by atoms with Gasteiger partial charge in [-0.15, -0.1) is 0 Å². The fraction of sp³-hybridized carbons (Fsp3) is 0.200. The number of methoxy groups -OCH3 is 2. The van der Waals surface area contributed by atoms with Crippen molar-refractivity contribution < 1.29 is 14.2 Å². The van der Waals surface area contributed by atoms with E-state index in [1.165, 1.54) is 14.2 Å². The second kappa shape index (κ2) is 9.23. The summed E-state index contributed by atoms with van der Waals surface area (Å²) in [7, 11) is 3.07. The molecule has 2 aromatic carbocycles. The van der Waals surface area contributed by atoms with Crippen molar-refractivity contribution in [3.8, 4) is 23.5 Å². The molecule has 0 saturated heterocycles. The molecule has 0 bridgehead atoms. The summed E-state index contributed by atoms with van der Waals surface area (Å²) < 4.78 is 17.3. The highest BCUT2D eigenvalue weighted by Gasteiger charge is 2.10. The zero-order chi connectivity index (χ0) is 19.1. The number of ether oxygens (including phenoxy) is 3. The Balaban J connectivity index is 1.69. The third kappa shape index (κ3) is 5.34. The van der Waals surface area contributed by atoms with E-state index in [0.29, 0.717) is 17.5 Å². The lowest BCUT2D eigenvalue weighted by molar-refractivity contribution is 0.347. The van der Waals surface area contributed by atoms with Crippen LogP contribution in [0.5, 0.6) is 23.5 Å². The second-order valence-electron chi connectivity index (χ2n) is 5.63. The summed E-state index contributed by atoms with van der Waals surface area (Å²) in [6, 6.07) is 17.7. The zero-order valence-corrected chi connectivity index (χ0v) is 16.7. The highest BCUT2D eigenvalue weighted by Crippen LogP contribution is 2.26. The molecule has 0 aliphatic rings. The van der Waals surface area contributed by atoms with E-state index < -0.39 is 0 Å². The highest BCUT2D eigenvalue weighted by atomic mass is 79.9. The summed E-state index contributed by atoms with van der Waals surface area (Å²) in [4.78, 5) is 8.43. The standard InChI is InChI=1S/C20H20BrN3O3/c1-25-18-13-19(26-2)24-20(23-18)27-17-6-4-3-5-14(17)11-12-22-16-9-7-15(21)8-10-16/h3-10,13,22H,11-12H2,1-2H3. The first-order chi connectivity index (χ1) is 13.2. The Morgan fingerprint density at radius 3 is 2.26 bits per heavy atom. The molecular weight excluding hydrogens is 410 g/mol. The normalized spacial score (nSPS) is 10.3. The van der Waals surface area contributed by atoms with Gasteiger partial charge in [0.15, 0.2) is 0 Å². The highest BCUT2D eigenvalue weighted by molar-refractivity contribution is 9.10. The largest absolute Gasteiger partial charge is 0.481 e. The lowest BCUT2D eigenvalue weighted by Crippen LogP contribution is -2.06. The van der Waals surface area contributed by atoms with Gasteiger partial charge in [0.1, 0.15) is 5.75 Å². The molecule has 3 aromatic rings. The van der Waals surface area contributed by atoms with Crippen LogP contribution in [0.2, 0.25) is 0 Å². The molecule has 0 radical (unpaired) electrons. The number of hydrogen-bond acceptors (Lipinski definition) is 6. The van der Waals surface area contributed by atoms with E-state index in [-0.39, 0.29) is 6.01 Å². The van der Waals surface area contributed by atoms with Crippen LogP contribution in [0.4, 0.5) is 5.69 Å². The molecule has 140 valence electrons. The monoisotopic (exact) mass is 429 g/mol. The van der Waals surface area contributed by atoms with Crippen LogP contribution in [0.15, 0.2) is 59.1 Å². The van der Waals surface area contributed by atoms with Crippen LogP contribution in [-0.2, 0) is 6.42 Å². The number of benzene rings is 2. The third-order valence-corrected chi connectivity index (χ3v) is 4.35. The molecule has 0 amide bonds. The van der Waals surface area contributed by atoms with Crippen molar-refractivity contribution in [2.45, 2.75) is 6.42 Å². The summed E-state index contributed by atoms with van der Waals surface area (Å²) in [5.41, 5.74) is 2.12. The average molecular weight is 430 g/mol. The maximum absolute atomic E-state index is 5.90. The summed E-state index contributed by atoms with van der Waals surface area (Å²) >= 11 is 3.44. The van der Waals surface area contributed by atoms with E-state index >= 15 is 0 Å². The Morgan fingerprint density at radius 2 is 1.59 bits per heavy atom. The lowest BCUT2D eigenvalue weighted by Gasteiger charge is -2.12. The van der Waals surface area contributed by atoms with Crippen LogP contribution < -0.4 is 19.5 Å². The number of nitrogens with zero attached hydrogens (tertiary/aromatic N) is 2.